The Morgan fingerprint density at radius 3 is 2.27 bits per heavy atom. The molecule has 0 rings (SSSR count). The summed E-state index contributed by atoms with van der Waals surface area (Å²) in [5, 5.41) is 0. The van der Waals surface area contributed by atoms with Gasteiger partial charge in [0, 0.05) is 0 Å². The van der Waals surface area contributed by atoms with Gasteiger partial charge in [0.15, 0.2) is 0 Å². The van der Waals surface area contributed by atoms with Crippen LogP contribution in [0.5, 0.6) is 0 Å². The van der Waals surface area contributed by atoms with Gasteiger partial charge in [-0.1, -0.05) is 49.9 Å². The second-order valence-corrected chi connectivity index (χ2v) is 4.66. The smallest absolute Gasteiger partial charge is 0.0980 e. The van der Waals surface area contributed by atoms with Gasteiger partial charge in [-0.3, -0.25) is 0 Å². The van der Waals surface area contributed by atoms with Crippen molar-refractivity contribution in [3.05, 3.63) is 22.7 Å². The summed E-state index contributed by atoms with van der Waals surface area (Å²) in [7, 11) is 5.94. The van der Waals surface area contributed by atoms with Crippen molar-refractivity contribution >= 4 is 7.85 Å². The Balaban J connectivity index is 4.31. The Kier molecular flexibility index (Phi) is 7.55. The molecule has 0 aromatic carbocycles. The van der Waals surface area contributed by atoms with E-state index in [9.17, 15) is 0 Å². The average molecular weight is 204 g/mol. The highest BCUT2D eigenvalue weighted by molar-refractivity contribution is 6.23. The highest BCUT2D eigenvalue weighted by Crippen LogP contribution is 2.18. The third-order valence-electron chi connectivity index (χ3n) is 3.05. The summed E-state index contributed by atoms with van der Waals surface area (Å²) in [5.41, 5.74) is 3.63. The quantitative estimate of drug-likeness (QED) is 0.437. The van der Waals surface area contributed by atoms with Crippen LogP contribution in [0.1, 0.15) is 60.3 Å². The molecule has 0 amide bonds. The molecule has 0 aliphatic carbocycles. The lowest BCUT2D eigenvalue weighted by Crippen LogP contribution is -1.94. The van der Waals surface area contributed by atoms with Crippen molar-refractivity contribution in [2.45, 2.75) is 60.3 Å². The molecule has 0 saturated heterocycles. The van der Waals surface area contributed by atoms with Gasteiger partial charge < -0.3 is 0 Å². The molecule has 0 saturated carbocycles. The molecular weight excluding hydrogens is 179 g/mol. The molecule has 0 spiro atoms. The van der Waals surface area contributed by atoms with Crippen molar-refractivity contribution in [1.29, 1.82) is 0 Å². The maximum absolute atomic E-state index is 5.94. The second-order valence-electron chi connectivity index (χ2n) is 4.66. The van der Waals surface area contributed by atoms with E-state index in [1.165, 1.54) is 30.4 Å². The second kappa shape index (κ2) is 7.79. The van der Waals surface area contributed by atoms with Gasteiger partial charge in [0.05, 0.1) is 0 Å². The van der Waals surface area contributed by atoms with Crippen LogP contribution in [0.4, 0.5) is 0 Å². The van der Waals surface area contributed by atoms with Crippen LogP contribution < -0.4 is 0 Å². The molecule has 0 aromatic heterocycles. The number of allylic oxidation sites excluding steroid dienone is 4. The number of hydrogen-bond donors (Lipinski definition) is 0. The molecule has 84 valence electrons. The molecule has 0 heterocycles. The Hall–Kier alpha value is -0.455. The van der Waals surface area contributed by atoms with Crippen molar-refractivity contribution in [3.63, 3.8) is 0 Å². The van der Waals surface area contributed by atoms with Crippen LogP contribution in [0, 0.1) is 5.92 Å². The number of hydrogen-bond acceptors (Lipinski definition) is 0. The fraction of sp³-hybridized carbons (Fsp3) is 0.714. The van der Waals surface area contributed by atoms with Crippen LogP contribution >= 0.6 is 0 Å². The highest BCUT2D eigenvalue weighted by Gasteiger charge is 2.01. The van der Waals surface area contributed by atoms with E-state index in [4.69, 9.17) is 7.85 Å². The van der Waals surface area contributed by atoms with E-state index < -0.39 is 0 Å². The molecule has 0 N–H and O–H groups in total. The van der Waals surface area contributed by atoms with Gasteiger partial charge in [0.2, 0.25) is 0 Å². The molecule has 0 fully saturated rings. The first-order valence-electron chi connectivity index (χ1n) is 6.13. The Morgan fingerprint density at radius 1 is 1.27 bits per heavy atom. The monoisotopic (exact) mass is 204 g/mol. The normalized spacial score (nSPS) is 13.8. The van der Waals surface area contributed by atoms with E-state index in [0.29, 0.717) is 0 Å². The zero-order valence-corrected chi connectivity index (χ0v) is 11.1. The summed E-state index contributed by atoms with van der Waals surface area (Å²) in [6.07, 6.45) is 7.03. The Morgan fingerprint density at radius 2 is 1.87 bits per heavy atom. The summed E-state index contributed by atoms with van der Waals surface area (Å²) in [5.74, 6) is 0.827. The first-order valence-corrected chi connectivity index (χ1v) is 6.13. The predicted molar refractivity (Wildman–Crippen MR) is 71.2 cm³/mol. The molecule has 0 bridgehead atoms. The molecular formula is C14H25B. The minimum absolute atomic E-state index is 0.827. The Labute approximate surface area is 97.3 Å². The lowest BCUT2D eigenvalue weighted by Gasteiger charge is -2.10. The number of rotatable bonds is 6. The largest absolute Gasteiger partial charge is 0.113 e. The fourth-order valence-corrected chi connectivity index (χ4v) is 1.35. The first-order chi connectivity index (χ1) is 7.01. The molecule has 0 aliphatic heterocycles. The molecule has 1 atom stereocenters. The van der Waals surface area contributed by atoms with Crippen LogP contribution in [0.3, 0.4) is 0 Å². The van der Waals surface area contributed by atoms with Crippen molar-refractivity contribution in [2.75, 3.05) is 0 Å². The molecule has 1 unspecified atom stereocenters. The lowest BCUT2D eigenvalue weighted by atomic mass is 9.87. The van der Waals surface area contributed by atoms with Crippen LogP contribution in [0.2, 0.25) is 0 Å². The summed E-state index contributed by atoms with van der Waals surface area (Å²) in [6, 6.07) is 0. The third-order valence-corrected chi connectivity index (χ3v) is 3.05. The van der Waals surface area contributed by atoms with Gasteiger partial charge >= 0.3 is 0 Å². The van der Waals surface area contributed by atoms with Gasteiger partial charge in [0.25, 0.3) is 0 Å². The first kappa shape index (κ1) is 14.5. The van der Waals surface area contributed by atoms with Gasteiger partial charge in [-0.25, -0.2) is 0 Å². The zero-order chi connectivity index (χ0) is 11.8. The summed E-state index contributed by atoms with van der Waals surface area (Å²) < 4.78 is 0. The molecule has 1 heteroatoms. The lowest BCUT2D eigenvalue weighted by molar-refractivity contribution is 0.512. The van der Waals surface area contributed by atoms with Crippen molar-refractivity contribution in [1.82, 2.24) is 0 Å². The zero-order valence-electron chi connectivity index (χ0n) is 11.1. The van der Waals surface area contributed by atoms with Crippen molar-refractivity contribution < 1.29 is 0 Å². The SMILES string of the molecule is [B]C(C=C(CC)CCC(C)CC)=C(C)C. The fourth-order valence-electron chi connectivity index (χ4n) is 1.35. The van der Waals surface area contributed by atoms with Gasteiger partial charge in [0.1, 0.15) is 7.85 Å². The summed E-state index contributed by atoms with van der Waals surface area (Å²) in [6.45, 7) is 10.9. The maximum Gasteiger partial charge on any atom is 0.113 e. The topological polar surface area (TPSA) is 0 Å². The molecule has 0 nitrogen and oxygen atoms in total. The molecule has 0 aromatic rings. The minimum Gasteiger partial charge on any atom is -0.0980 e. The van der Waals surface area contributed by atoms with E-state index in [-0.39, 0.29) is 0 Å². The van der Waals surface area contributed by atoms with Crippen LogP contribution in [-0.2, 0) is 0 Å². The van der Waals surface area contributed by atoms with Crippen molar-refractivity contribution in [3.8, 4) is 0 Å². The Bertz CT molecular complexity index is 232. The van der Waals surface area contributed by atoms with Crippen LogP contribution in [0.15, 0.2) is 22.7 Å². The predicted octanol–water partition coefficient (Wildman–Crippen LogP) is 4.61. The third kappa shape index (κ3) is 6.60. The maximum atomic E-state index is 5.94. The molecule has 2 radical (unpaired) electrons. The van der Waals surface area contributed by atoms with E-state index >= 15 is 0 Å². The van der Waals surface area contributed by atoms with Crippen LogP contribution in [0.25, 0.3) is 0 Å². The van der Waals surface area contributed by atoms with Gasteiger partial charge in [-0.05, 0) is 39.0 Å². The molecule has 15 heavy (non-hydrogen) atoms. The highest BCUT2D eigenvalue weighted by atomic mass is 14.1. The van der Waals surface area contributed by atoms with Crippen molar-refractivity contribution in [2.24, 2.45) is 5.92 Å². The molecule has 0 aliphatic rings. The van der Waals surface area contributed by atoms with E-state index in [2.05, 4.69) is 40.7 Å². The van der Waals surface area contributed by atoms with Gasteiger partial charge in [-0.2, -0.15) is 0 Å². The van der Waals surface area contributed by atoms with Crippen LogP contribution in [-0.4, -0.2) is 7.85 Å². The van der Waals surface area contributed by atoms with E-state index in [1.807, 2.05) is 0 Å². The summed E-state index contributed by atoms with van der Waals surface area (Å²) in [4.78, 5) is 0. The standard InChI is InChI=1S/C14H25B/c1-6-12(5)8-9-13(7-2)10-14(15)11(3)4/h10,12H,6-9H2,1-5H3. The van der Waals surface area contributed by atoms with Gasteiger partial charge in [-0.15, -0.1) is 0 Å². The van der Waals surface area contributed by atoms with E-state index in [1.54, 1.807) is 0 Å². The van der Waals surface area contributed by atoms with E-state index in [0.717, 1.165) is 17.8 Å². The average Bonchev–Trinajstić information content (AvgIpc) is 2.22. The minimum atomic E-state index is 0.827. The summed E-state index contributed by atoms with van der Waals surface area (Å²) >= 11 is 0.